The van der Waals surface area contributed by atoms with E-state index in [9.17, 15) is 25.0 Å². The summed E-state index contributed by atoms with van der Waals surface area (Å²) in [6, 6.07) is 9.33. The summed E-state index contributed by atoms with van der Waals surface area (Å²) in [5, 5.41) is 23.5. The largest absolute Gasteiger partial charge is 0.289 e. The molecule has 2 aliphatic rings. The van der Waals surface area contributed by atoms with E-state index in [1.165, 1.54) is 12.1 Å². The lowest BCUT2D eigenvalue weighted by molar-refractivity contribution is -0.385. The van der Waals surface area contributed by atoms with E-state index >= 15 is 0 Å². The predicted octanol–water partition coefficient (Wildman–Crippen LogP) is 6.83. The number of benzene rings is 2. The fourth-order valence-corrected chi connectivity index (χ4v) is 5.37. The van der Waals surface area contributed by atoms with Gasteiger partial charge in [-0.3, -0.25) is 25.0 Å². The van der Waals surface area contributed by atoms with Crippen molar-refractivity contribution in [2.24, 2.45) is 0 Å². The highest BCUT2D eigenvalue weighted by Gasteiger charge is 2.28. The van der Waals surface area contributed by atoms with Gasteiger partial charge in [0.25, 0.3) is 11.4 Å². The number of carbonyl (C=O) groups excluding carboxylic acids is 1. The highest BCUT2D eigenvalue weighted by molar-refractivity contribution is 6.09. The van der Waals surface area contributed by atoms with E-state index in [2.05, 4.69) is 0 Å². The fourth-order valence-electron chi connectivity index (χ4n) is 5.37. The summed E-state index contributed by atoms with van der Waals surface area (Å²) in [6.07, 6.45) is 10.2. The summed E-state index contributed by atoms with van der Waals surface area (Å²) in [4.78, 5) is 35.8. The molecule has 2 fully saturated rings. The van der Waals surface area contributed by atoms with Gasteiger partial charge in [-0.1, -0.05) is 62.8 Å². The third-order valence-corrected chi connectivity index (χ3v) is 7.07. The van der Waals surface area contributed by atoms with Crippen molar-refractivity contribution in [2.45, 2.75) is 76.0 Å². The molecule has 0 amide bonds. The van der Waals surface area contributed by atoms with E-state index in [0.29, 0.717) is 11.1 Å². The lowest BCUT2D eigenvalue weighted by atomic mass is 9.82. The zero-order chi connectivity index (χ0) is 22.7. The zero-order valence-corrected chi connectivity index (χ0v) is 18.1. The minimum Gasteiger partial charge on any atom is -0.289 e. The van der Waals surface area contributed by atoms with E-state index < -0.39 is 15.6 Å². The molecule has 7 nitrogen and oxygen atoms in total. The van der Waals surface area contributed by atoms with Crippen LogP contribution in [-0.2, 0) is 0 Å². The molecule has 0 aromatic heterocycles. The molecule has 32 heavy (non-hydrogen) atoms. The van der Waals surface area contributed by atoms with E-state index in [1.807, 2.05) is 0 Å². The Morgan fingerprint density at radius 1 is 0.656 bits per heavy atom. The van der Waals surface area contributed by atoms with Gasteiger partial charge in [-0.15, -0.1) is 0 Å². The fraction of sp³-hybridized carbons (Fsp3) is 0.480. The first-order valence-electron chi connectivity index (χ1n) is 11.6. The van der Waals surface area contributed by atoms with Crippen LogP contribution in [0.4, 0.5) is 11.4 Å². The van der Waals surface area contributed by atoms with Crippen LogP contribution in [0.25, 0.3) is 0 Å². The molecule has 168 valence electrons. The van der Waals surface area contributed by atoms with Crippen molar-refractivity contribution in [3.8, 4) is 0 Å². The number of rotatable bonds is 6. The maximum absolute atomic E-state index is 13.1. The molecule has 0 radical (unpaired) electrons. The van der Waals surface area contributed by atoms with Crippen molar-refractivity contribution < 1.29 is 14.6 Å². The number of hydrogen-bond donors (Lipinski definition) is 0. The minimum absolute atomic E-state index is 0.0314. The highest BCUT2D eigenvalue weighted by Crippen LogP contribution is 2.39. The van der Waals surface area contributed by atoms with E-state index in [0.717, 1.165) is 64.2 Å². The Labute approximate surface area is 187 Å². The molecule has 2 saturated carbocycles. The Bertz CT molecular complexity index is 955. The van der Waals surface area contributed by atoms with Gasteiger partial charge >= 0.3 is 0 Å². The average molecular weight is 437 g/mol. The second-order valence-electron chi connectivity index (χ2n) is 9.06. The lowest BCUT2D eigenvalue weighted by Crippen LogP contribution is -2.11. The Balaban J connectivity index is 1.66. The maximum Gasteiger partial charge on any atom is 0.273 e. The third-order valence-electron chi connectivity index (χ3n) is 7.07. The van der Waals surface area contributed by atoms with Gasteiger partial charge in [0.15, 0.2) is 5.78 Å². The smallest absolute Gasteiger partial charge is 0.273 e. The molecule has 0 N–H and O–H groups in total. The van der Waals surface area contributed by atoms with Crippen LogP contribution in [0.5, 0.6) is 0 Å². The van der Waals surface area contributed by atoms with E-state index in [1.54, 1.807) is 24.3 Å². The molecule has 2 aromatic carbocycles. The molecule has 2 aliphatic carbocycles. The van der Waals surface area contributed by atoms with Gasteiger partial charge in [0.05, 0.1) is 9.85 Å². The first-order valence-corrected chi connectivity index (χ1v) is 11.6. The van der Waals surface area contributed by atoms with Crippen LogP contribution in [0.1, 0.15) is 103 Å². The summed E-state index contributed by atoms with van der Waals surface area (Å²) >= 11 is 0. The Hall–Kier alpha value is -3.09. The van der Waals surface area contributed by atoms with Gasteiger partial charge in [0, 0.05) is 34.4 Å². The molecule has 2 aromatic rings. The maximum atomic E-state index is 13.1. The summed E-state index contributed by atoms with van der Waals surface area (Å²) < 4.78 is 0. The number of nitrogens with zero attached hydrogens (tertiary/aromatic N) is 2. The van der Waals surface area contributed by atoms with Crippen molar-refractivity contribution in [1.82, 2.24) is 0 Å². The van der Waals surface area contributed by atoms with Crippen molar-refractivity contribution in [2.75, 3.05) is 0 Å². The van der Waals surface area contributed by atoms with Crippen LogP contribution in [0.15, 0.2) is 36.4 Å². The van der Waals surface area contributed by atoms with Crippen LogP contribution in [-0.4, -0.2) is 15.6 Å². The summed E-state index contributed by atoms with van der Waals surface area (Å²) in [5.74, 6) is -0.144. The second kappa shape index (κ2) is 9.59. The number of nitro groups is 2. The Kier molecular flexibility index (Phi) is 6.63. The second-order valence-corrected chi connectivity index (χ2v) is 9.06. The monoisotopic (exact) mass is 436 g/mol. The van der Waals surface area contributed by atoms with Crippen LogP contribution in [0.3, 0.4) is 0 Å². The Morgan fingerprint density at radius 3 is 1.38 bits per heavy atom. The standard InChI is InChI=1S/C25H28N2O5/c28-25(19-11-13-21(23(15-19)26(29)30)17-7-3-1-4-8-17)20-12-14-22(24(16-20)27(31)32)18-9-5-2-6-10-18/h11-18H,1-10H2. The average Bonchev–Trinajstić information content (AvgIpc) is 2.84. The summed E-state index contributed by atoms with van der Waals surface area (Å²) in [5.41, 5.74) is 1.69. The molecule has 0 spiro atoms. The first-order chi connectivity index (χ1) is 15.5. The summed E-state index contributed by atoms with van der Waals surface area (Å²) in [6.45, 7) is 0. The zero-order valence-electron chi connectivity index (χ0n) is 18.1. The van der Waals surface area contributed by atoms with Gasteiger partial charge < -0.3 is 0 Å². The quantitative estimate of drug-likeness (QED) is 0.280. The first kappa shape index (κ1) is 22.1. The normalized spacial score (nSPS) is 17.8. The number of ketones is 1. The molecular formula is C25H28N2O5. The van der Waals surface area contributed by atoms with Gasteiger partial charge in [0.2, 0.25) is 0 Å². The minimum atomic E-state index is -0.429. The molecule has 4 rings (SSSR count). The molecule has 0 unspecified atom stereocenters. The van der Waals surface area contributed by atoms with Crippen molar-refractivity contribution in [3.63, 3.8) is 0 Å². The molecule has 0 atom stereocenters. The van der Waals surface area contributed by atoms with Gasteiger partial charge in [-0.05, 0) is 37.5 Å². The number of carbonyl (C=O) groups is 1. The molecule has 0 heterocycles. The van der Waals surface area contributed by atoms with Gasteiger partial charge in [-0.25, -0.2) is 0 Å². The van der Waals surface area contributed by atoms with Crippen LogP contribution >= 0.6 is 0 Å². The third kappa shape index (κ3) is 4.56. The van der Waals surface area contributed by atoms with Crippen molar-refractivity contribution in [1.29, 1.82) is 0 Å². The van der Waals surface area contributed by atoms with E-state index in [4.69, 9.17) is 0 Å². The molecule has 0 bridgehead atoms. The molecular weight excluding hydrogens is 408 g/mol. The molecule has 7 heteroatoms. The topological polar surface area (TPSA) is 103 Å². The lowest BCUT2D eigenvalue weighted by Gasteiger charge is -2.22. The van der Waals surface area contributed by atoms with E-state index in [-0.39, 0.29) is 34.3 Å². The van der Waals surface area contributed by atoms with Crippen molar-refractivity contribution in [3.05, 3.63) is 78.9 Å². The highest BCUT2D eigenvalue weighted by atomic mass is 16.6. The number of hydrogen-bond acceptors (Lipinski definition) is 5. The van der Waals surface area contributed by atoms with Crippen LogP contribution in [0, 0.1) is 20.2 Å². The van der Waals surface area contributed by atoms with Crippen LogP contribution < -0.4 is 0 Å². The SMILES string of the molecule is O=C(c1ccc(C2CCCCC2)c([N+](=O)[O-])c1)c1ccc(C2CCCCC2)c([N+](=O)[O-])c1. The predicted molar refractivity (Wildman–Crippen MR) is 121 cm³/mol. The van der Waals surface area contributed by atoms with Gasteiger partial charge in [-0.2, -0.15) is 0 Å². The number of nitro benzene ring substituents is 2. The Morgan fingerprint density at radius 2 is 1.03 bits per heavy atom. The van der Waals surface area contributed by atoms with Gasteiger partial charge in [0.1, 0.15) is 0 Å². The summed E-state index contributed by atoms with van der Waals surface area (Å²) in [7, 11) is 0. The van der Waals surface area contributed by atoms with Crippen molar-refractivity contribution >= 4 is 17.2 Å². The molecule has 0 saturated heterocycles. The van der Waals surface area contributed by atoms with Crippen LogP contribution in [0.2, 0.25) is 0 Å². The molecule has 0 aliphatic heterocycles.